The van der Waals surface area contributed by atoms with Crippen molar-refractivity contribution in [3.63, 3.8) is 0 Å². The molecular weight excluding hydrogens is 382 g/mol. The second kappa shape index (κ2) is 8.10. The molecule has 0 aromatic rings. The van der Waals surface area contributed by atoms with E-state index in [1.54, 1.807) is 0 Å². The number of carbonyl (C=O) groups excluding carboxylic acids is 2. The fraction of sp³-hybridized carbons (Fsp3) is 0.765. The molecule has 0 aromatic carbocycles. The molecule has 0 heterocycles. The van der Waals surface area contributed by atoms with Crippen LogP contribution in [0.2, 0.25) is 0 Å². The molecule has 0 bridgehead atoms. The average Bonchev–Trinajstić information content (AvgIpc) is 3.14. The van der Waals surface area contributed by atoms with Crippen LogP contribution >= 0.6 is 0 Å². The Labute approximate surface area is 151 Å². The average molecular weight is 402 g/mol. The first kappa shape index (κ1) is 21.6. The smallest absolute Gasteiger partial charge is 0.395 e. The highest BCUT2D eigenvalue weighted by molar-refractivity contribution is 5.93. The van der Waals surface area contributed by atoms with Crippen molar-refractivity contribution in [1.82, 2.24) is 0 Å². The van der Waals surface area contributed by atoms with Crippen LogP contribution in [0.5, 0.6) is 0 Å². The quantitative estimate of drug-likeness (QED) is 0.387. The number of hydrogen-bond acceptors (Lipinski definition) is 4. The number of alkyl halides is 6. The van der Waals surface area contributed by atoms with Gasteiger partial charge in [-0.1, -0.05) is 6.58 Å². The van der Waals surface area contributed by atoms with Crippen LogP contribution in [-0.4, -0.2) is 36.5 Å². The number of esters is 2. The Kier molecular flexibility index (Phi) is 6.47. The molecule has 27 heavy (non-hydrogen) atoms. The Morgan fingerprint density at radius 3 is 1.70 bits per heavy atom. The van der Waals surface area contributed by atoms with Gasteiger partial charge in [-0.3, -0.25) is 4.79 Å². The molecule has 0 spiro atoms. The Bertz CT molecular complexity index is 583. The third-order valence-electron chi connectivity index (χ3n) is 4.93. The van der Waals surface area contributed by atoms with Crippen LogP contribution in [0.15, 0.2) is 12.2 Å². The predicted molar refractivity (Wildman–Crippen MR) is 80.3 cm³/mol. The Balaban J connectivity index is 1.85. The molecule has 2 saturated carbocycles. The molecule has 0 aromatic heterocycles. The number of ether oxygens (including phenoxy) is 2. The van der Waals surface area contributed by atoms with Gasteiger partial charge >= 0.3 is 24.3 Å². The fourth-order valence-electron chi connectivity index (χ4n) is 3.56. The SMILES string of the molecule is C=C(CC(=O)OC1CCCC1C(F)(F)F)C(=O)OC1CCCC1C(F)(F)F. The molecule has 2 aliphatic carbocycles. The van der Waals surface area contributed by atoms with E-state index in [2.05, 4.69) is 6.58 Å². The summed E-state index contributed by atoms with van der Waals surface area (Å²) in [5.74, 6) is -5.79. The lowest BCUT2D eigenvalue weighted by Crippen LogP contribution is -2.34. The minimum absolute atomic E-state index is 0.0446. The van der Waals surface area contributed by atoms with Crippen LogP contribution in [-0.2, 0) is 19.1 Å². The molecule has 4 atom stereocenters. The first-order valence-corrected chi connectivity index (χ1v) is 8.61. The molecule has 4 nitrogen and oxygen atoms in total. The Hall–Kier alpha value is -1.74. The summed E-state index contributed by atoms with van der Waals surface area (Å²) in [6.45, 7) is 3.29. The van der Waals surface area contributed by atoms with Gasteiger partial charge in [0.05, 0.1) is 18.3 Å². The zero-order valence-electron chi connectivity index (χ0n) is 14.4. The normalized spacial score (nSPS) is 28.8. The number of hydrogen-bond donors (Lipinski definition) is 0. The summed E-state index contributed by atoms with van der Waals surface area (Å²) in [5.41, 5.74) is -0.450. The van der Waals surface area contributed by atoms with Gasteiger partial charge in [-0.15, -0.1) is 0 Å². The highest BCUT2D eigenvalue weighted by Gasteiger charge is 2.50. The summed E-state index contributed by atoms with van der Waals surface area (Å²) in [5, 5.41) is 0. The van der Waals surface area contributed by atoms with Gasteiger partial charge in [0.2, 0.25) is 0 Å². The van der Waals surface area contributed by atoms with Crippen molar-refractivity contribution in [1.29, 1.82) is 0 Å². The molecule has 0 saturated heterocycles. The van der Waals surface area contributed by atoms with Crippen molar-refractivity contribution in [3.8, 4) is 0 Å². The largest absolute Gasteiger partial charge is 0.461 e. The van der Waals surface area contributed by atoms with E-state index in [0.717, 1.165) is 0 Å². The zero-order valence-corrected chi connectivity index (χ0v) is 14.4. The third kappa shape index (κ3) is 5.62. The van der Waals surface area contributed by atoms with E-state index in [0.29, 0.717) is 0 Å². The highest BCUT2D eigenvalue weighted by atomic mass is 19.4. The van der Waals surface area contributed by atoms with Crippen molar-refractivity contribution < 1.29 is 45.4 Å². The van der Waals surface area contributed by atoms with Crippen LogP contribution in [0.25, 0.3) is 0 Å². The summed E-state index contributed by atoms with van der Waals surface area (Å²) in [6.07, 6.45) is -12.1. The maximum atomic E-state index is 12.9. The van der Waals surface area contributed by atoms with Crippen molar-refractivity contribution in [2.24, 2.45) is 11.8 Å². The van der Waals surface area contributed by atoms with Crippen LogP contribution in [0, 0.1) is 11.8 Å². The van der Waals surface area contributed by atoms with Crippen LogP contribution in [0.4, 0.5) is 26.3 Å². The van der Waals surface area contributed by atoms with E-state index in [9.17, 15) is 35.9 Å². The van der Waals surface area contributed by atoms with Crippen molar-refractivity contribution in [3.05, 3.63) is 12.2 Å². The lowest BCUT2D eigenvalue weighted by molar-refractivity contribution is -0.203. The van der Waals surface area contributed by atoms with Gasteiger partial charge in [0.1, 0.15) is 12.2 Å². The van der Waals surface area contributed by atoms with Gasteiger partial charge in [0.15, 0.2) is 0 Å². The van der Waals surface area contributed by atoms with Crippen LogP contribution in [0.3, 0.4) is 0 Å². The van der Waals surface area contributed by atoms with Crippen LogP contribution < -0.4 is 0 Å². The van der Waals surface area contributed by atoms with E-state index < -0.39 is 60.3 Å². The molecule has 2 fully saturated rings. The topological polar surface area (TPSA) is 52.6 Å². The van der Waals surface area contributed by atoms with Gasteiger partial charge in [0, 0.05) is 5.57 Å². The van der Waals surface area contributed by atoms with E-state index in [1.807, 2.05) is 0 Å². The van der Waals surface area contributed by atoms with Crippen molar-refractivity contribution in [2.75, 3.05) is 0 Å². The first-order chi connectivity index (χ1) is 12.4. The van der Waals surface area contributed by atoms with Gasteiger partial charge < -0.3 is 9.47 Å². The molecule has 0 radical (unpaired) electrons. The second-order valence-corrected chi connectivity index (χ2v) is 6.91. The summed E-state index contributed by atoms with van der Waals surface area (Å²) < 4.78 is 86.7. The van der Waals surface area contributed by atoms with E-state index in [4.69, 9.17) is 9.47 Å². The molecule has 0 aliphatic heterocycles. The van der Waals surface area contributed by atoms with Crippen LogP contribution in [0.1, 0.15) is 44.9 Å². The molecule has 2 rings (SSSR count). The number of carbonyl (C=O) groups is 2. The van der Waals surface area contributed by atoms with Gasteiger partial charge in [-0.25, -0.2) is 4.79 Å². The van der Waals surface area contributed by atoms with E-state index >= 15 is 0 Å². The molecule has 0 amide bonds. The van der Waals surface area contributed by atoms with Gasteiger partial charge in [-0.05, 0) is 38.5 Å². The summed E-state index contributed by atoms with van der Waals surface area (Å²) >= 11 is 0. The minimum Gasteiger partial charge on any atom is -0.461 e. The Morgan fingerprint density at radius 2 is 1.26 bits per heavy atom. The van der Waals surface area contributed by atoms with Crippen molar-refractivity contribution >= 4 is 11.9 Å². The molecule has 2 aliphatic rings. The minimum atomic E-state index is -4.50. The summed E-state index contributed by atoms with van der Waals surface area (Å²) in [7, 11) is 0. The lowest BCUT2D eigenvalue weighted by Gasteiger charge is -2.23. The van der Waals surface area contributed by atoms with Gasteiger partial charge in [-0.2, -0.15) is 26.3 Å². The molecule has 10 heteroatoms. The predicted octanol–water partition coefficient (Wildman–Crippen LogP) is 4.48. The van der Waals surface area contributed by atoms with E-state index in [-0.39, 0.29) is 38.5 Å². The third-order valence-corrected chi connectivity index (χ3v) is 4.93. The monoisotopic (exact) mass is 402 g/mol. The summed E-state index contributed by atoms with van der Waals surface area (Å²) in [4.78, 5) is 23.7. The molecule has 4 unspecified atom stereocenters. The summed E-state index contributed by atoms with van der Waals surface area (Å²) in [6, 6.07) is 0. The number of rotatable bonds is 5. The zero-order chi connectivity index (χ0) is 20.4. The van der Waals surface area contributed by atoms with Gasteiger partial charge in [0.25, 0.3) is 0 Å². The lowest BCUT2D eigenvalue weighted by atomic mass is 10.1. The fourth-order valence-corrected chi connectivity index (χ4v) is 3.56. The second-order valence-electron chi connectivity index (χ2n) is 6.91. The Morgan fingerprint density at radius 1 is 0.815 bits per heavy atom. The molecule has 154 valence electrons. The molecule has 0 N–H and O–H groups in total. The van der Waals surface area contributed by atoms with E-state index in [1.165, 1.54) is 0 Å². The van der Waals surface area contributed by atoms with Crippen molar-refractivity contribution in [2.45, 2.75) is 69.5 Å². The maximum Gasteiger partial charge on any atom is 0.395 e. The maximum absolute atomic E-state index is 12.9. The standard InChI is InChI=1S/C17H20F6O4/c1-9(15(25)27-13-7-3-5-11(13)17(21,22)23)8-14(24)26-12-6-2-4-10(12)16(18,19)20/h10-13H,1-8H2. The first-order valence-electron chi connectivity index (χ1n) is 8.61. The number of halogens is 6. The highest BCUT2D eigenvalue weighted by Crippen LogP contribution is 2.42. The molecular formula is C17H20F6O4.